The van der Waals surface area contributed by atoms with Gasteiger partial charge in [0.05, 0.1) is 12.1 Å². The molecule has 10 nitrogen and oxygen atoms in total. The van der Waals surface area contributed by atoms with Gasteiger partial charge in [-0.15, -0.1) is 15.3 Å². The van der Waals surface area contributed by atoms with Crippen LogP contribution in [-0.4, -0.2) is 68.1 Å². The molecule has 4 aromatic rings. The molecular formula is C20H21FN8O2. The minimum absolute atomic E-state index is 0.337. The van der Waals surface area contributed by atoms with Gasteiger partial charge in [-0.2, -0.15) is 9.50 Å². The van der Waals surface area contributed by atoms with Crippen LogP contribution in [0.3, 0.4) is 0 Å². The summed E-state index contributed by atoms with van der Waals surface area (Å²) >= 11 is 0. The fourth-order valence-electron chi connectivity index (χ4n) is 3.63. The molecule has 1 saturated heterocycles. The van der Waals surface area contributed by atoms with Crippen LogP contribution in [0.5, 0.6) is 0 Å². The molecule has 0 radical (unpaired) electrons. The average Bonchev–Trinajstić information content (AvgIpc) is 3.41. The number of hydrogen-bond acceptors (Lipinski definition) is 9. The molecule has 1 aliphatic heterocycles. The Labute approximate surface area is 177 Å². The van der Waals surface area contributed by atoms with Crippen LogP contribution in [0.15, 0.2) is 40.9 Å². The highest BCUT2D eigenvalue weighted by atomic mass is 19.1. The standard InChI is InChI=1S/C20H21FN8O2/c1-30-13-16-22-19(31-26-16)12-27-8-10-28(11-9-27)18-7-6-17-23-24-20(29(17)25-18)14-4-2-3-5-15(14)21/h2-7H,8-13H2,1H3. The zero-order valence-corrected chi connectivity index (χ0v) is 17.0. The second-order valence-corrected chi connectivity index (χ2v) is 7.27. The highest BCUT2D eigenvalue weighted by Crippen LogP contribution is 2.22. The topological polar surface area (TPSA) is 97.7 Å². The summed E-state index contributed by atoms with van der Waals surface area (Å²) in [7, 11) is 1.60. The Balaban J connectivity index is 1.29. The van der Waals surface area contributed by atoms with Gasteiger partial charge < -0.3 is 14.2 Å². The summed E-state index contributed by atoms with van der Waals surface area (Å²) in [6.45, 7) is 4.15. The van der Waals surface area contributed by atoms with E-state index in [1.165, 1.54) is 6.07 Å². The summed E-state index contributed by atoms with van der Waals surface area (Å²) in [6, 6.07) is 10.3. The lowest BCUT2D eigenvalue weighted by Crippen LogP contribution is -2.46. The molecule has 5 rings (SSSR count). The second-order valence-electron chi connectivity index (χ2n) is 7.27. The van der Waals surface area contributed by atoms with Crippen LogP contribution in [-0.2, 0) is 17.9 Å². The van der Waals surface area contributed by atoms with E-state index in [-0.39, 0.29) is 5.82 Å². The first-order chi connectivity index (χ1) is 15.2. The highest BCUT2D eigenvalue weighted by molar-refractivity contribution is 5.60. The Morgan fingerprint density at radius 2 is 1.90 bits per heavy atom. The summed E-state index contributed by atoms with van der Waals surface area (Å²) in [5.41, 5.74) is 0.945. The summed E-state index contributed by atoms with van der Waals surface area (Å²) in [6.07, 6.45) is 0. The molecule has 1 aliphatic rings. The first kappa shape index (κ1) is 19.5. The van der Waals surface area contributed by atoms with E-state index in [0.29, 0.717) is 41.9 Å². The van der Waals surface area contributed by atoms with Crippen molar-refractivity contribution in [3.8, 4) is 11.4 Å². The predicted molar refractivity (Wildman–Crippen MR) is 109 cm³/mol. The van der Waals surface area contributed by atoms with E-state index < -0.39 is 0 Å². The third-order valence-electron chi connectivity index (χ3n) is 5.20. The maximum atomic E-state index is 14.3. The number of halogens is 1. The first-order valence-corrected chi connectivity index (χ1v) is 9.96. The smallest absolute Gasteiger partial charge is 0.240 e. The average molecular weight is 424 g/mol. The van der Waals surface area contributed by atoms with E-state index in [4.69, 9.17) is 9.26 Å². The van der Waals surface area contributed by atoms with E-state index in [1.807, 2.05) is 12.1 Å². The number of methoxy groups -OCH3 is 1. The normalized spacial score (nSPS) is 15.1. The Morgan fingerprint density at radius 1 is 1.06 bits per heavy atom. The van der Waals surface area contributed by atoms with Gasteiger partial charge in [-0.25, -0.2) is 4.39 Å². The molecule has 4 heterocycles. The summed E-state index contributed by atoms with van der Waals surface area (Å²) in [5.74, 6) is 1.96. The lowest BCUT2D eigenvalue weighted by Gasteiger charge is -2.34. The monoisotopic (exact) mass is 424 g/mol. The van der Waals surface area contributed by atoms with Crippen molar-refractivity contribution in [2.24, 2.45) is 0 Å². The number of rotatable bonds is 6. The molecule has 0 aliphatic carbocycles. The number of nitrogens with zero attached hydrogens (tertiary/aromatic N) is 8. The third-order valence-corrected chi connectivity index (χ3v) is 5.20. The molecule has 1 aromatic carbocycles. The largest absolute Gasteiger partial charge is 0.377 e. The zero-order chi connectivity index (χ0) is 21.2. The van der Waals surface area contributed by atoms with E-state index >= 15 is 0 Å². The molecule has 0 amide bonds. The summed E-state index contributed by atoms with van der Waals surface area (Å²) in [5, 5.41) is 16.8. The quantitative estimate of drug-likeness (QED) is 0.459. The van der Waals surface area contributed by atoms with Gasteiger partial charge in [0.25, 0.3) is 0 Å². The lowest BCUT2D eigenvalue weighted by molar-refractivity contribution is 0.174. The van der Waals surface area contributed by atoms with Gasteiger partial charge in [0.1, 0.15) is 18.2 Å². The molecule has 0 N–H and O–H groups in total. The molecular weight excluding hydrogens is 403 g/mol. The lowest BCUT2D eigenvalue weighted by atomic mass is 10.2. The first-order valence-electron chi connectivity index (χ1n) is 9.96. The van der Waals surface area contributed by atoms with Crippen molar-refractivity contribution in [3.05, 3.63) is 53.9 Å². The third kappa shape index (κ3) is 3.97. The van der Waals surface area contributed by atoms with E-state index in [9.17, 15) is 4.39 Å². The molecule has 160 valence electrons. The molecule has 11 heteroatoms. The Morgan fingerprint density at radius 3 is 2.71 bits per heavy atom. The Kier molecular flexibility index (Phi) is 5.26. The molecule has 1 fully saturated rings. The molecule has 0 spiro atoms. The fraction of sp³-hybridized carbons (Fsp3) is 0.350. The molecule has 0 bridgehead atoms. The maximum absolute atomic E-state index is 14.3. The van der Waals surface area contributed by atoms with Crippen LogP contribution < -0.4 is 4.90 Å². The summed E-state index contributed by atoms with van der Waals surface area (Å²) in [4.78, 5) is 8.77. The summed E-state index contributed by atoms with van der Waals surface area (Å²) < 4.78 is 26.1. The Hall–Kier alpha value is -3.44. The molecule has 0 atom stereocenters. The fourth-order valence-corrected chi connectivity index (χ4v) is 3.63. The van der Waals surface area contributed by atoms with Gasteiger partial charge in [0.2, 0.25) is 5.89 Å². The number of hydrogen-bond donors (Lipinski definition) is 0. The second kappa shape index (κ2) is 8.36. The maximum Gasteiger partial charge on any atom is 0.240 e. The van der Waals surface area contributed by atoms with Crippen LogP contribution in [0.1, 0.15) is 11.7 Å². The van der Waals surface area contributed by atoms with Crippen molar-refractivity contribution in [3.63, 3.8) is 0 Å². The number of ether oxygens (including phenoxy) is 1. The molecule has 3 aromatic heterocycles. The van der Waals surface area contributed by atoms with Gasteiger partial charge in [-0.1, -0.05) is 17.3 Å². The molecule has 31 heavy (non-hydrogen) atoms. The highest BCUT2D eigenvalue weighted by Gasteiger charge is 2.21. The van der Waals surface area contributed by atoms with Crippen molar-refractivity contribution in [2.75, 3.05) is 38.2 Å². The van der Waals surface area contributed by atoms with Crippen molar-refractivity contribution in [1.29, 1.82) is 0 Å². The van der Waals surface area contributed by atoms with Crippen molar-refractivity contribution in [1.82, 2.24) is 34.9 Å². The number of anilines is 1. The number of piperazine rings is 1. The van der Waals surface area contributed by atoms with Crippen LogP contribution >= 0.6 is 0 Å². The van der Waals surface area contributed by atoms with Gasteiger partial charge in [0, 0.05) is 33.3 Å². The minimum Gasteiger partial charge on any atom is -0.377 e. The molecule has 0 unspecified atom stereocenters. The predicted octanol–water partition coefficient (Wildman–Crippen LogP) is 1.78. The molecule has 0 saturated carbocycles. The SMILES string of the molecule is COCc1noc(CN2CCN(c3ccc4nnc(-c5ccccc5F)n4n3)CC2)n1. The van der Waals surface area contributed by atoms with Crippen molar-refractivity contribution < 1.29 is 13.7 Å². The number of fused-ring (bicyclic) bond motifs is 1. The van der Waals surface area contributed by atoms with E-state index in [0.717, 1.165) is 32.0 Å². The van der Waals surface area contributed by atoms with Crippen LogP contribution in [0.25, 0.3) is 17.0 Å². The van der Waals surface area contributed by atoms with Crippen molar-refractivity contribution in [2.45, 2.75) is 13.2 Å². The van der Waals surface area contributed by atoms with Crippen LogP contribution in [0, 0.1) is 5.82 Å². The van der Waals surface area contributed by atoms with E-state index in [1.54, 1.807) is 29.8 Å². The number of aromatic nitrogens is 6. The Bertz CT molecular complexity index is 1180. The van der Waals surface area contributed by atoms with Gasteiger partial charge in [-0.05, 0) is 24.3 Å². The zero-order valence-electron chi connectivity index (χ0n) is 17.0. The van der Waals surface area contributed by atoms with Crippen LogP contribution in [0.2, 0.25) is 0 Å². The van der Waals surface area contributed by atoms with E-state index in [2.05, 4.69) is 35.2 Å². The number of benzene rings is 1. The van der Waals surface area contributed by atoms with Crippen molar-refractivity contribution >= 4 is 11.5 Å². The van der Waals surface area contributed by atoms with Gasteiger partial charge >= 0.3 is 0 Å². The van der Waals surface area contributed by atoms with Gasteiger partial charge in [0.15, 0.2) is 17.3 Å². The van der Waals surface area contributed by atoms with Gasteiger partial charge in [-0.3, -0.25) is 4.90 Å². The minimum atomic E-state index is -0.354. The van der Waals surface area contributed by atoms with Crippen LogP contribution in [0.4, 0.5) is 10.2 Å².